The number of amides is 1. The Kier molecular flexibility index (Phi) is 5.73. The number of carbonyl (C=O) groups excluding carboxylic acids is 1. The first-order valence-corrected chi connectivity index (χ1v) is 9.45. The van der Waals surface area contributed by atoms with Crippen LogP contribution in [0.15, 0.2) is 59.8 Å². The Morgan fingerprint density at radius 1 is 1.12 bits per heavy atom. The third-order valence-corrected chi connectivity index (χ3v) is 5.50. The number of anilines is 1. The lowest BCUT2D eigenvalue weighted by Crippen LogP contribution is -2.24. The molecule has 1 aromatic heterocycles. The van der Waals surface area contributed by atoms with Crippen molar-refractivity contribution < 1.29 is 4.79 Å². The molecule has 0 aliphatic rings. The van der Waals surface area contributed by atoms with Gasteiger partial charge in [0.05, 0.1) is 5.25 Å². The van der Waals surface area contributed by atoms with Gasteiger partial charge in [0.1, 0.15) is 0 Å². The second-order valence-electron chi connectivity index (χ2n) is 6.10. The van der Waals surface area contributed by atoms with Crippen LogP contribution in [-0.4, -0.2) is 25.9 Å². The fraction of sp³-hybridized carbons (Fsp3) is 0.250. The normalized spacial score (nSPS) is 12.0. The Hall–Kier alpha value is -2.60. The molecule has 2 aromatic carbocycles. The molecule has 0 saturated heterocycles. The summed E-state index contributed by atoms with van der Waals surface area (Å²) in [4.78, 5) is 12.6. The van der Waals surface area contributed by atoms with E-state index in [9.17, 15) is 4.79 Å². The second-order valence-corrected chi connectivity index (χ2v) is 7.27. The van der Waals surface area contributed by atoms with E-state index in [1.54, 1.807) is 0 Å². The highest BCUT2D eigenvalue weighted by Crippen LogP contribution is 2.28. The number of aromatic nitrogens is 3. The van der Waals surface area contributed by atoms with Gasteiger partial charge in [0.25, 0.3) is 0 Å². The van der Waals surface area contributed by atoms with Crippen LogP contribution in [0.25, 0.3) is 11.4 Å². The maximum absolute atomic E-state index is 12.6. The van der Waals surface area contributed by atoms with Crippen LogP contribution in [0.2, 0.25) is 0 Å². The smallest absolute Gasteiger partial charge is 0.237 e. The van der Waals surface area contributed by atoms with E-state index in [1.807, 2.05) is 61.0 Å². The van der Waals surface area contributed by atoms with Crippen molar-refractivity contribution in [3.05, 3.63) is 60.2 Å². The van der Waals surface area contributed by atoms with Gasteiger partial charge < -0.3 is 9.88 Å². The summed E-state index contributed by atoms with van der Waals surface area (Å²) in [6.45, 7) is 4.05. The Labute approximate surface area is 157 Å². The van der Waals surface area contributed by atoms with Crippen LogP contribution in [0.5, 0.6) is 0 Å². The number of nitrogens with one attached hydrogen (secondary N) is 1. The van der Waals surface area contributed by atoms with Gasteiger partial charge in [-0.3, -0.25) is 4.79 Å². The molecule has 0 spiro atoms. The minimum Gasteiger partial charge on any atom is -0.325 e. The number of carbonyl (C=O) groups is 1. The topological polar surface area (TPSA) is 59.8 Å². The average molecular weight is 366 g/mol. The van der Waals surface area contributed by atoms with Crippen LogP contribution in [0.4, 0.5) is 5.69 Å². The fourth-order valence-corrected chi connectivity index (χ4v) is 3.48. The third kappa shape index (κ3) is 4.14. The number of hydrogen-bond acceptors (Lipinski definition) is 4. The minimum atomic E-state index is -0.232. The van der Waals surface area contributed by atoms with Crippen molar-refractivity contribution in [1.82, 2.24) is 14.8 Å². The van der Waals surface area contributed by atoms with Crippen molar-refractivity contribution >= 4 is 23.4 Å². The summed E-state index contributed by atoms with van der Waals surface area (Å²) in [5.41, 5.74) is 3.02. The molecule has 0 radical (unpaired) electrons. The summed E-state index contributed by atoms with van der Waals surface area (Å²) < 4.78 is 1.94. The van der Waals surface area contributed by atoms with Gasteiger partial charge in [-0.15, -0.1) is 10.2 Å². The van der Waals surface area contributed by atoms with Crippen molar-refractivity contribution in [2.24, 2.45) is 7.05 Å². The molecule has 1 heterocycles. The predicted molar refractivity (Wildman–Crippen MR) is 106 cm³/mol. The summed E-state index contributed by atoms with van der Waals surface area (Å²) in [6.07, 6.45) is 0.704. The zero-order chi connectivity index (χ0) is 18.5. The van der Waals surface area contributed by atoms with Crippen LogP contribution >= 0.6 is 11.8 Å². The first-order valence-electron chi connectivity index (χ1n) is 8.57. The summed E-state index contributed by atoms with van der Waals surface area (Å²) in [5, 5.41) is 12.1. The summed E-state index contributed by atoms with van der Waals surface area (Å²) >= 11 is 1.44. The van der Waals surface area contributed by atoms with Gasteiger partial charge in [0.2, 0.25) is 5.91 Å². The second kappa shape index (κ2) is 8.19. The van der Waals surface area contributed by atoms with Crippen LogP contribution < -0.4 is 5.32 Å². The lowest BCUT2D eigenvalue weighted by Gasteiger charge is -2.14. The Bertz CT molecular complexity index is 875. The number of aryl methyl sites for hydroxylation is 1. The number of thioether (sulfide) groups is 1. The zero-order valence-corrected chi connectivity index (χ0v) is 16.0. The van der Waals surface area contributed by atoms with Crippen LogP contribution in [0.3, 0.4) is 0 Å². The molecule has 3 rings (SSSR count). The minimum absolute atomic E-state index is 0.0245. The van der Waals surface area contributed by atoms with Gasteiger partial charge >= 0.3 is 0 Å². The Morgan fingerprint density at radius 3 is 2.46 bits per heavy atom. The van der Waals surface area contributed by atoms with E-state index >= 15 is 0 Å². The van der Waals surface area contributed by atoms with Crippen molar-refractivity contribution in [3.8, 4) is 11.4 Å². The summed E-state index contributed by atoms with van der Waals surface area (Å²) in [6, 6.07) is 17.7. The zero-order valence-electron chi connectivity index (χ0n) is 15.1. The molecule has 26 heavy (non-hydrogen) atoms. The molecule has 3 aromatic rings. The average Bonchev–Trinajstić information content (AvgIpc) is 3.01. The maximum Gasteiger partial charge on any atom is 0.237 e. The predicted octanol–water partition coefficient (Wildman–Crippen LogP) is 4.30. The highest BCUT2D eigenvalue weighted by Gasteiger charge is 2.22. The van der Waals surface area contributed by atoms with Gasteiger partial charge in [-0.2, -0.15) is 0 Å². The van der Waals surface area contributed by atoms with E-state index in [4.69, 9.17) is 0 Å². The van der Waals surface area contributed by atoms with E-state index in [0.29, 0.717) is 6.42 Å². The quantitative estimate of drug-likeness (QED) is 0.661. The van der Waals surface area contributed by atoms with Gasteiger partial charge in [0.15, 0.2) is 11.0 Å². The molecular formula is C20H22N4OS. The first-order chi connectivity index (χ1) is 12.6. The molecule has 0 fully saturated rings. The molecule has 134 valence electrons. The third-order valence-electron chi connectivity index (χ3n) is 4.10. The van der Waals surface area contributed by atoms with Gasteiger partial charge in [-0.05, 0) is 25.5 Å². The van der Waals surface area contributed by atoms with Gasteiger partial charge in [-0.25, -0.2) is 0 Å². The lowest BCUT2D eigenvalue weighted by atomic mass is 10.1. The first kappa shape index (κ1) is 18.2. The maximum atomic E-state index is 12.6. The van der Waals surface area contributed by atoms with Crippen molar-refractivity contribution in [2.45, 2.75) is 30.7 Å². The Morgan fingerprint density at radius 2 is 1.81 bits per heavy atom. The summed E-state index contributed by atoms with van der Waals surface area (Å²) in [7, 11) is 1.93. The van der Waals surface area contributed by atoms with Crippen LogP contribution in [0, 0.1) is 6.92 Å². The van der Waals surface area contributed by atoms with E-state index in [-0.39, 0.29) is 11.2 Å². The van der Waals surface area contributed by atoms with Crippen molar-refractivity contribution in [1.29, 1.82) is 0 Å². The van der Waals surface area contributed by atoms with Crippen LogP contribution in [0.1, 0.15) is 18.9 Å². The monoisotopic (exact) mass is 366 g/mol. The summed E-state index contributed by atoms with van der Waals surface area (Å²) in [5.74, 6) is 0.773. The number of hydrogen-bond donors (Lipinski definition) is 1. The van der Waals surface area contributed by atoms with Crippen molar-refractivity contribution in [3.63, 3.8) is 0 Å². The molecule has 0 aliphatic heterocycles. The Balaban J connectivity index is 1.74. The lowest BCUT2D eigenvalue weighted by molar-refractivity contribution is -0.115. The molecule has 5 nitrogen and oxygen atoms in total. The fourth-order valence-electron chi connectivity index (χ4n) is 2.57. The van der Waals surface area contributed by atoms with E-state index < -0.39 is 0 Å². The number of benzene rings is 2. The van der Waals surface area contributed by atoms with E-state index in [1.165, 1.54) is 17.3 Å². The molecule has 1 amide bonds. The molecule has 6 heteroatoms. The van der Waals surface area contributed by atoms with E-state index in [2.05, 4.69) is 34.6 Å². The molecule has 0 bridgehead atoms. The highest BCUT2D eigenvalue weighted by atomic mass is 32.2. The molecule has 1 unspecified atom stereocenters. The molecular weight excluding hydrogens is 344 g/mol. The molecule has 1 atom stereocenters. The van der Waals surface area contributed by atoms with Crippen molar-refractivity contribution in [2.75, 3.05) is 5.32 Å². The number of para-hydroxylation sites is 1. The molecule has 1 N–H and O–H groups in total. The highest BCUT2D eigenvalue weighted by molar-refractivity contribution is 8.00. The van der Waals surface area contributed by atoms with Crippen LogP contribution in [-0.2, 0) is 11.8 Å². The SMILES string of the molecule is CCC(Sc1nnc(-c2ccc(C)cc2)n1C)C(=O)Nc1ccccc1. The van der Waals surface area contributed by atoms with Gasteiger partial charge in [-0.1, -0.05) is 66.7 Å². The largest absolute Gasteiger partial charge is 0.325 e. The standard InChI is InChI=1S/C20H22N4OS/c1-4-17(19(25)21-16-8-6-5-7-9-16)26-20-23-22-18(24(20)3)15-12-10-14(2)11-13-15/h5-13,17H,4H2,1-3H3,(H,21,25). The van der Waals surface area contributed by atoms with E-state index in [0.717, 1.165) is 22.2 Å². The number of nitrogens with zero attached hydrogens (tertiary/aromatic N) is 3. The van der Waals surface area contributed by atoms with Gasteiger partial charge in [0, 0.05) is 18.3 Å². The molecule has 0 aliphatic carbocycles. The number of rotatable bonds is 6. The molecule has 0 saturated carbocycles.